The molecular formula is C24H25NO6S2. The van der Waals surface area contributed by atoms with Crippen molar-refractivity contribution in [1.29, 1.82) is 0 Å². The van der Waals surface area contributed by atoms with E-state index in [2.05, 4.69) is 5.32 Å². The molecule has 0 spiro atoms. The molecule has 0 saturated carbocycles. The van der Waals surface area contributed by atoms with Crippen molar-refractivity contribution >= 4 is 32.8 Å². The Bertz CT molecular complexity index is 1260. The Balaban J connectivity index is 1.73. The molecule has 3 aromatic rings. The third-order valence-corrected chi connectivity index (χ3v) is 8.51. The van der Waals surface area contributed by atoms with Crippen molar-refractivity contribution in [2.75, 3.05) is 26.1 Å². The Morgan fingerprint density at radius 3 is 2.48 bits per heavy atom. The summed E-state index contributed by atoms with van der Waals surface area (Å²) in [6, 6.07) is 11.8. The maximum atomic E-state index is 13.3. The number of carbonyl (C=O) groups is 1. The molecule has 1 aliphatic rings. The number of amides is 1. The number of hydrogen-bond donors (Lipinski definition) is 1. The number of sulfone groups is 1. The number of thiophene rings is 1. The number of carbonyl (C=O) groups excluding carboxylic acids is 1. The van der Waals surface area contributed by atoms with Gasteiger partial charge in [0.1, 0.15) is 10.6 Å². The summed E-state index contributed by atoms with van der Waals surface area (Å²) >= 11 is 1.33. The predicted molar refractivity (Wildman–Crippen MR) is 127 cm³/mol. The minimum absolute atomic E-state index is 0.0978. The largest absolute Gasteiger partial charge is 0.497 e. The first-order valence-electron chi connectivity index (χ1n) is 10.5. The summed E-state index contributed by atoms with van der Waals surface area (Å²) in [5.41, 5.74) is 1.21. The summed E-state index contributed by atoms with van der Waals surface area (Å²) < 4.78 is 43.0. The van der Waals surface area contributed by atoms with Gasteiger partial charge in [-0.3, -0.25) is 4.79 Å². The van der Waals surface area contributed by atoms with E-state index in [4.69, 9.17) is 14.2 Å². The Labute approximate surface area is 197 Å². The number of anilines is 1. The van der Waals surface area contributed by atoms with Crippen molar-refractivity contribution in [3.05, 3.63) is 58.3 Å². The number of ether oxygens (including phenoxy) is 3. The van der Waals surface area contributed by atoms with E-state index in [1.54, 1.807) is 24.6 Å². The number of benzene rings is 2. The van der Waals surface area contributed by atoms with Crippen LogP contribution in [0.1, 0.15) is 36.1 Å². The zero-order valence-corrected chi connectivity index (χ0v) is 20.2. The molecule has 0 aliphatic carbocycles. The first-order chi connectivity index (χ1) is 15.9. The van der Waals surface area contributed by atoms with Gasteiger partial charge in [0.25, 0.3) is 0 Å². The van der Waals surface area contributed by atoms with Gasteiger partial charge in [-0.2, -0.15) is 0 Å². The maximum absolute atomic E-state index is 13.3. The number of fused-ring (bicyclic) bond motifs is 1. The van der Waals surface area contributed by atoms with Crippen molar-refractivity contribution in [1.82, 2.24) is 0 Å². The lowest BCUT2D eigenvalue weighted by Crippen LogP contribution is -2.23. The minimum atomic E-state index is -3.83. The Kier molecular flexibility index (Phi) is 6.62. The molecule has 1 atom stereocenters. The van der Waals surface area contributed by atoms with Crippen LogP contribution in [0.3, 0.4) is 0 Å². The summed E-state index contributed by atoms with van der Waals surface area (Å²) in [6.07, 6.45) is 1.09. The van der Waals surface area contributed by atoms with Crippen molar-refractivity contribution in [2.24, 2.45) is 0 Å². The van der Waals surface area contributed by atoms with Crippen LogP contribution in [0.5, 0.6) is 17.2 Å². The molecule has 0 radical (unpaired) electrons. The van der Waals surface area contributed by atoms with E-state index in [-0.39, 0.29) is 28.0 Å². The second-order valence-electron chi connectivity index (χ2n) is 7.58. The molecule has 0 fully saturated rings. The zero-order valence-electron chi connectivity index (χ0n) is 18.6. The average molecular weight is 488 g/mol. The van der Waals surface area contributed by atoms with E-state index >= 15 is 0 Å². The second kappa shape index (κ2) is 9.44. The van der Waals surface area contributed by atoms with Crippen LogP contribution in [0.2, 0.25) is 0 Å². The minimum Gasteiger partial charge on any atom is -0.497 e. The third-order valence-electron chi connectivity index (χ3n) is 5.47. The summed E-state index contributed by atoms with van der Waals surface area (Å²) in [4.78, 5) is 13.6. The van der Waals surface area contributed by atoms with Gasteiger partial charge in [0.15, 0.2) is 11.5 Å². The van der Waals surface area contributed by atoms with Gasteiger partial charge in [-0.15, -0.1) is 11.3 Å². The lowest BCUT2D eigenvalue weighted by Gasteiger charge is -2.24. The van der Waals surface area contributed by atoms with Crippen LogP contribution in [0.25, 0.3) is 0 Å². The lowest BCUT2D eigenvalue weighted by molar-refractivity contribution is -0.116. The Morgan fingerprint density at radius 2 is 1.82 bits per heavy atom. The molecule has 1 amide bonds. The van der Waals surface area contributed by atoms with Crippen LogP contribution in [0.4, 0.5) is 5.69 Å². The third kappa shape index (κ3) is 4.43. The van der Waals surface area contributed by atoms with E-state index < -0.39 is 9.84 Å². The van der Waals surface area contributed by atoms with Gasteiger partial charge in [-0.05, 0) is 48.4 Å². The molecule has 2 heterocycles. The smallest absolute Gasteiger partial charge is 0.225 e. The molecule has 0 bridgehead atoms. The molecule has 1 aromatic heterocycles. The summed E-state index contributed by atoms with van der Waals surface area (Å²) in [6.45, 7) is 2.60. The van der Waals surface area contributed by atoms with Crippen LogP contribution in [-0.4, -0.2) is 35.2 Å². The number of nitrogens with one attached hydrogen (secondary N) is 1. The second-order valence-corrected chi connectivity index (χ2v) is 10.4. The molecular weight excluding hydrogens is 462 g/mol. The topological polar surface area (TPSA) is 90.9 Å². The van der Waals surface area contributed by atoms with Gasteiger partial charge < -0.3 is 19.5 Å². The monoisotopic (exact) mass is 487 g/mol. The van der Waals surface area contributed by atoms with Gasteiger partial charge in [-0.1, -0.05) is 13.0 Å². The van der Waals surface area contributed by atoms with Crippen molar-refractivity contribution in [2.45, 2.75) is 35.5 Å². The summed E-state index contributed by atoms with van der Waals surface area (Å²) in [7, 11) is -0.735. The fraction of sp³-hybridized carbons (Fsp3) is 0.292. The standard InChI is InChI=1S/C24H25NO6S2/c1-4-11-31-19-10-5-15(12-20(19)30-3)18-13-22(26)25-23-21(14-32-24(18)23)33(27,28)17-8-6-16(29-2)7-9-17/h5-10,12,14,18H,4,11,13H2,1-3H3,(H,25,26)/t18-/m0/s1. The predicted octanol–water partition coefficient (Wildman–Crippen LogP) is 4.86. The van der Waals surface area contributed by atoms with Crippen LogP contribution in [-0.2, 0) is 14.6 Å². The van der Waals surface area contributed by atoms with Crippen molar-refractivity contribution in [3.8, 4) is 17.2 Å². The van der Waals surface area contributed by atoms with Crippen LogP contribution in [0.15, 0.2) is 57.6 Å². The highest BCUT2D eigenvalue weighted by Gasteiger charge is 2.34. The van der Waals surface area contributed by atoms with Crippen molar-refractivity contribution in [3.63, 3.8) is 0 Å². The van der Waals surface area contributed by atoms with E-state index in [1.165, 1.54) is 30.6 Å². The maximum Gasteiger partial charge on any atom is 0.225 e. The highest BCUT2D eigenvalue weighted by atomic mass is 32.2. The first kappa shape index (κ1) is 23.1. The van der Waals surface area contributed by atoms with E-state index in [0.717, 1.165) is 16.9 Å². The lowest BCUT2D eigenvalue weighted by atomic mass is 9.90. The van der Waals surface area contributed by atoms with Crippen LogP contribution in [0, 0.1) is 0 Å². The molecule has 7 nitrogen and oxygen atoms in total. The molecule has 1 N–H and O–H groups in total. The molecule has 174 valence electrons. The Morgan fingerprint density at radius 1 is 1.06 bits per heavy atom. The normalized spacial score (nSPS) is 15.5. The average Bonchev–Trinajstić information content (AvgIpc) is 3.26. The van der Waals surface area contributed by atoms with E-state index in [9.17, 15) is 13.2 Å². The Hall–Kier alpha value is -3.04. The molecule has 4 rings (SSSR count). The molecule has 0 unspecified atom stereocenters. The van der Waals surface area contributed by atoms with E-state index in [1.807, 2.05) is 25.1 Å². The van der Waals surface area contributed by atoms with Gasteiger partial charge in [-0.25, -0.2) is 8.42 Å². The van der Waals surface area contributed by atoms with Crippen LogP contribution >= 0.6 is 11.3 Å². The molecule has 9 heteroatoms. The highest BCUT2D eigenvalue weighted by Crippen LogP contribution is 2.47. The number of methoxy groups -OCH3 is 2. The van der Waals surface area contributed by atoms with Gasteiger partial charge in [0.2, 0.25) is 15.7 Å². The van der Waals surface area contributed by atoms with E-state index in [0.29, 0.717) is 29.5 Å². The quantitative estimate of drug-likeness (QED) is 0.488. The van der Waals surface area contributed by atoms with Gasteiger partial charge >= 0.3 is 0 Å². The number of hydrogen-bond acceptors (Lipinski definition) is 7. The SMILES string of the molecule is CCCOc1ccc([C@@H]2CC(=O)Nc3c(S(=O)(=O)c4ccc(OC)cc4)csc32)cc1OC. The van der Waals surface area contributed by atoms with Gasteiger partial charge in [0.05, 0.1) is 31.4 Å². The molecule has 1 aliphatic heterocycles. The van der Waals surface area contributed by atoms with Crippen molar-refractivity contribution < 1.29 is 27.4 Å². The van der Waals surface area contributed by atoms with Crippen LogP contribution < -0.4 is 19.5 Å². The molecule has 33 heavy (non-hydrogen) atoms. The molecule has 2 aromatic carbocycles. The summed E-state index contributed by atoms with van der Waals surface area (Å²) in [5, 5.41) is 4.38. The molecule has 0 saturated heterocycles. The van der Waals surface area contributed by atoms with Gasteiger partial charge in [0, 0.05) is 22.6 Å². The fourth-order valence-corrected chi connectivity index (χ4v) is 6.69. The number of rotatable bonds is 8. The zero-order chi connectivity index (χ0) is 23.6. The summed E-state index contributed by atoms with van der Waals surface area (Å²) in [5.74, 6) is 1.26. The highest BCUT2D eigenvalue weighted by molar-refractivity contribution is 7.91. The first-order valence-corrected chi connectivity index (χ1v) is 12.9. The fourth-order valence-electron chi connectivity index (χ4n) is 3.79.